The molecule has 6 heteroatoms. The molecular formula is C26H16FN3O2. The number of H-pyrrole nitrogens is 1. The number of carbonyl (C=O) groups is 2. The molecule has 32 heavy (non-hydrogen) atoms. The minimum Gasteiger partial charge on any atom is -0.337 e. The molecule has 1 N–H and O–H groups in total. The maximum atomic E-state index is 14.7. The van der Waals surface area contributed by atoms with Gasteiger partial charge >= 0.3 is 0 Å². The van der Waals surface area contributed by atoms with Crippen LogP contribution in [-0.4, -0.2) is 21.5 Å². The van der Waals surface area contributed by atoms with Gasteiger partial charge in [-0.3, -0.25) is 9.59 Å². The number of nitrogens with zero attached hydrogens (tertiary/aromatic N) is 2. The van der Waals surface area contributed by atoms with Crippen LogP contribution in [0.25, 0.3) is 44.0 Å². The first kappa shape index (κ1) is 19.6. The zero-order chi connectivity index (χ0) is 22.6. The zero-order valence-corrected chi connectivity index (χ0v) is 17.3. The van der Waals surface area contributed by atoms with Gasteiger partial charge in [0.25, 0.3) is 0 Å². The minimum absolute atomic E-state index is 0.0711. The number of hydrogen-bond acceptors (Lipinski definition) is 4. The van der Waals surface area contributed by atoms with Crippen molar-refractivity contribution in [3.63, 3.8) is 0 Å². The summed E-state index contributed by atoms with van der Waals surface area (Å²) in [6.45, 7) is 3.00. The number of nitriles is 1. The van der Waals surface area contributed by atoms with E-state index >= 15 is 0 Å². The van der Waals surface area contributed by atoms with Crippen molar-refractivity contribution in [3.8, 4) is 17.5 Å². The molecule has 0 unspecified atom stereocenters. The van der Waals surface area contributed by atoms with Crippen LogP contribution in [0.1, 0.15) is 40.1 Å². The van der Waals surface area contributed by atoms with Crippen molar-refractivity contribution in [1.82, 2.24) is 9.97 Å². The Morgan fingerprint density at radius 2 is 1.53 bits per heavy atom. The fraction of sp³-hybridized carbons (Fsp3) is 0.0769. The van der Waals surface area contributed by atoms with Gasteiger partial charge in [0.15, 0.2) is 11.6 Å². The van der Waals surface area contributed by atoms with Crippen LogP contribution in [0.3, 0.4) is 0 Å². The second-order valence-corrected chi connectivity index (χ2v) is 7.72. The van der Waals surface area contributed by atoms with E-state index in [0.717, 1.165) is 21.5 Å². The molecule has 0 aliphatic heterocycles. The Hall–Kier alpha value is -4.37. The molecule has 0 bridgehead atoms. The van der Waals surface area contributed by atoms with Crippen LogP contribution in [0, 0.1) is 17.1 Å². The van der Waals surface area contributed by atoms with E-state index in [4.69, 9.17) is 0 Å². The van der Waals surface area contributed by atoms with Crippen LogP contribution in [0.2, 0.25) is 0 Å². The van der Waals surface area contributed by atoms with Gasteiger partial charge in [0.05, 0.1) is 28.2 Å². The molecule has 0 saturated heterocycles. The summed E-state index contributed by atoms with van der Waals surface area (Å²) in [4.78, 5) is 31.9. The number of halogens is 1. The molecule has 5 rings (SSSR count). The average Bonchev–Trinajstić information content (AvgIpc) is 3.23. The number of nitrogens with one attached hydrogen (secondary N) is 1. The van der Waals surface area contributed by atoms with E-state index in [1.165, 1.54) is 26.0 Å². The number of benzene rings is 4. The van der Waals surface area contributed by atoms with Crippen molar-refractivity contribution in [2.24, 2.45) is 0 Å². The van der Waals surface area contributed by atoms with Gasteiger partial charge < -0.3 is 4.98 Å². The van der Waals surface area contributed by atoms with Gasteiger partial charge in [-0.25, -0.2) is 9.37 Å². The quantitative estimate of drug-likeness (QED) is 0.288. The van der Waals surface area contributed by atoms with Crippen molar-refractivity contribution in [1.29, 1.82) is 5.26 Å². The Morgan fingerprint density at radius 1 is 0.906 bits per heavy atom. The first-order valence-corrected chi connectivity index (χ1v) is 9.99. The van der Waals surface area contributed by atoms with Gasteiger partial charge in [-0.1, -0.05) is 30.3 Å². The molecule has 0 aliphatic carbocycles. The van der Waals surface area contributed by atoms with Crippen LogP contribution >= 0.6 is 0 Å². The third-order valence-corrected chi connectivity index (χ3v) is 5.74. The SMILES string of the molecule is CC(=O)c1ccc2c(c1)c1cc(C(C)=O)ccc1c1[nH]c(-c3c(F)cccc3C#N)nc21. The van der Waals surface area contributed by atoms with E-state index in [1.807, 2.05) is 18.2 Å². The lowest BCUT2D eigenvalue weighted by atomic mass is 9.95. The lowest BCUT2D eigenvalue weighted by Crippen LogP contribution is -1.94. The van der Waals surface area contributed by atoms with E-state index < -0.39 is 5.82 Å². The number of fused-ring (bicyclic) bond motifs is 6. The Labute approximate surface area is 182 Å². The maximum Gasteiger partial charge on any atom is 0.159 e. The first-order chi connectivity index (χ1) is 15.4. The summed E-state index contributed by atoms with van der Waals surface area (Å²) in [5.74, 6) is -0.446. The highest BCUT2D eigenvalue weighted by atomic mass is 19.1. The summed E-state index contributed by atoms with van der Waals surface area (Å²) < 4.78 is 14.7. The van der Waals surface area contributed by atoms with Gasteiger partial charge in [0, 0.05) is 21.9 Å². The Bertz CT molecular complexity index is 1570. The van der Waals surface area contributed by atoms with Gasteiger partial charge in [0.2, 0.25) is 0 Å². The molecule has 0 amide bonds. The summed E-state index contributed by atoms with van der Waals surface area (Å²) in [6.07, 6.45) is 0. The van der Waals surface area contributed by atoms with E-state index in [2.05, 4.69) is 9.97 Å². The molecule has 4 aromatic carbocycles. The van der Waals surface area contributed by atoms with Crippen LogP contribution < -0.4 is 0 Å². The molecule has 5 aromatic rings. The number of Topliss-reactive ketones (excluding diaryl/α,β-unsaturated/α-hetero) is 2. The minimum atomic E-state index is -0.547. The number of imidazole rings is 1. The van der Waals surface area contributed by atoms with Gasteiger partial charge in [-0.2, -0.15) is 5.26 Å². The van der Waals surface area contributed by atoms with Gasteiger partial charge in [-0.15, -0.1) is 0 Å². The fourth-order valence-electron chi connectivity index (χ4n) is 4.14. The number of rotatable bonds is 3. The Morgan fingerprint density at radius 3 is 2.16 bits per heavy atom. The average molecular weight is 421 g/mol. The lowest BCUT2D eigenvalue weighted by Gasteiger charge is -2.09. The number of carbonyl (C=O) groups excluding carboxylic acids is 2. The lowest BCUT2D eigenvalue weighted by molar-refractivity contribution is 0.100. The molecule has 1 aromatic heterocycles. The van der Waals surface area contributed by atoms with E-state index in [0.29, 0.717) is 22.2 Å². The molecule has 0 spiro atoms. The number of aromatic nitrogens is 2. The first-order valence-electron chi connectivity index (χ1n) is 9.99. The molecule has 0 fully saturated rings. The third-order valence-electron chi connectivity index (χ3n) is 5.74. The molecule has 0 radical (unpaired) electrons. The summed E-state index contributed by atoms with van der Waals surface area (Å²) in [6, 6.07) is 17.0. The highest BCUT2D eigenvalue weighted by Gasteiger charge is 2.19. The molecule has 0 atom stereocenters. The molecule has 0 aliphatic rings. The second kappa shape index (κ2) is 7.10. The fourth-order valence-corrected chi connectivity index (χ4v) is 4.14. The van der Waals surface area contributed by atoms with Crippen molar-refractivity contribution in [2.45, 2.75) is 13.8 Å². The van der Waals surface area contributed by atoms with Crippen molar-refractivity contribution >= 4 is 44.1 Å². The summed E-state index contributed by atoms with van der Waals surface area (Å²) in [7, 11) is 0. The van der Waals surface area contributed by atoms with E-state index in [-0.39, 0.29) is 28.5 Å². The maximum absolute atomic E-state index is 14.7. The Balaban J connectivity index is 1.96. The van der Waals surface area contributed by atoms with E-state index in [9.17, 15) is 19.2 Å². The molecule has 5 nitrogen and oxygen atoms in total. The smallest absolute Gasteiger partial charge is 0.159 e. The number of aromatic amines is 1. The van der Waals surface area contributed by atoms with E-state index in [1.54, 1.807) is 30.3 Å². The standard InChI is InChI=1S/C26H16FN3O2/c1-13(31)15-6-8-18-20(10-15)21-11-16(14(2)32)7-9-19(21)25-24(18)29-26(30-25)23-17(12-28)4-3-5-22(23)27/h3-11H,1-2H3,(H,29,30). The van der Waals surface area contributed by atoms with Crippen LogP contribution in [0.5, 0.6) is 0 Å². The molecule has 1 heterocycles. The largest absolute Gasteiger partial charge is 0.337 e. The highest BCUT2D eigenvalue weighted by molar-refractivity contribution is 6.25. The Kier molecular flexibility index (Phi) is 4.35. The number of hydrogen-bond donors (Lipinski definition) is 1. The zero-order valence-electron chi connectivity index (χ0n) is 17.3. The predicted molar refractivity (Wildman–Crippen MR) is 121 cm³/mol. The summed E-state index contributed by atoms with van der Waals surface area (Å²) >= 11 is 0. The number of ketones is 2. The normalized spacial score (nSPS) is 11.2. The van der Waals surface area contributed by atoms with Gasteiger partial charge in [0.1, 0.15) is 11.6 Å². The van der Waals surface area contributed by atoms with Crippen LogP contribution in [-0.2, 0) is 0 Å². The predicted octanol–water partition coefficient (Wildman–Crippen LogP) is 5.95. The molecular weight excluding hydrogens is 405 g/mol. The van der Waals surface area contributed by atoms with Crippen molar-refractivity contribution < 1.29 is 14.0 Å². The van der Waals surface area contributed by atoms with Crippen LogP contribution in [0.4, 0.5) is 4.39 Å². The van der Waals surface area contributed by atoms with Crippen LogP contribution in [0.15, 0.2) is 54.6 Å². The third kappa shape index (κ3) is 2.87. The summed E-state index contributed by atoms with van der Waals surface area (Å²) in [5, 5.41) is 12.6. The monoisotopic (exact) mass is 421 g/mol. The topological polar surface area (TPSA) is 86.6 Å². The van der Waals surface area contributed by atoms with Gasteiger partial charge in [-0.05, 0) is 48.9 Å². The van der Waals surface area contributed by atoms with Crippen molar-refractivity contribution in [3.05, 3.63) is 77.1 Å². The summed E-state index contributed by atoms with van der Waals surface area (Å²) in [5.41, 5.74) is 2.64. The van der Waals surface area contributed by atoms with Crippen molar-refractivity contribution in [2.75, 3.05) is 0 Å². The second-order valence-electron chi connectivity index (χ2n) is 7.72. The highest BCUT2D eigenvalue weighted by Crippen LogP contribution is 2.37. The molecule has 0 saturated carbocycles. The molecule has 154 valence electrons.